The van der Waals surface area contributed by atoms with E-state index in [1.54, 1.807) is 11.8 Å². The zero-order valence-electron chi connectivity index (χ0n) is 8.94. The molecule has 0 aromatic carbocycles. The van der Waals surface area contributed by atoms with Crippen LogP contribution in [0.25, 0.3) is 0 Å². The fraction of sp³-hybridized carbons (Fsp3) is 0.800. The molecule has 1 aliphatic rings. The lowest BCUT2D eigenvalue weighted by molar-refractivity contribution is -0.149. The van der Waals surface area contributed by atoms with Crippen molar-refractivity contribution >= 4 is 11.9 Å². The van der Waals surface area contributed by atoms with E-state index in [0.717, 1.165) is 0 Å². The highest BCUT2D eigenvalue weighted by molar-refractivity contribution is 5.94. The van der Waals surface area contributed by atoms with Crippen LogP contribution in [0.5, 0.6) is 0 Å². The van der Waals surface area contributed by atoms with Gasteiger partial charge in [-0.2, -0.15) is 0 Å². The summed E-state index contributed by atoms with van der Waals surface area (Å²) in [5.74, 6) is -0.686. The molecule has 0 aromatic rings. The number of piperidine rings is 1. The van der Waals surface area contributed by atoms with Gasteiger partial charge in [-0.3, -0.25) is 9.59 Å². The number of aliphatic hydroxyl groups excluding tert-OH is 1. The lowest BCUT2D eigenvalue weighted by Gasteiger charge is -2.29. The van der Waals surface area contributed by atoms with Gasteiger partial charge in [0.15, 0.2) is 0 Å². The minimum atomic E-state index is -0.478. The first-order chi connectivity index (χ1) is 7.13. The van der Waals surface area contributed by atoms with Gasteiger partial charge in [-0.1, -0.05) is 0 Å². The van der Waals surface area contributed by atoms with E-state index in [4.69, 9.17) is 0 Å². The lowest BCUT2D eigenvalue weighted by atomic mass is 10.1. The summed E-state index contributed by atoms with van der Waals surface area (Å²) < 4.78 is 4.69. The first-order valence-corrected chi connectivity index (χ1v) is 5.25. The molecule has 1 aliphatic heterocycles. The van der Waals surface area contributed by atoms with Crippen molar-refractivity contribution in [1.82, 2.24) is 4.90 Å². The van der Waals surface area contributed by atoms with Crippen LogP contribution < -0.4 is 0 Å². The molecule has 5 nitrogen and oxygen atoms in total. The maximum atomic E-state index is 11.5. The van der Waals surface area contributed by atoms with Gasteiger partial charge in [-0.05, 0) is 19.8 Å². The van der Waals surface area contributed by atoms with E-state index in [-0.39, 0.29) is 18.4 Å². The van der Waals surface area contributed by atoms with Crippen molar-refractivity contribution in [2.75, 3.05) is 19.7 Å². The number of ether oxygens (including phenoxy) is 1. The maximum absolute atomic E-state index is 11.5. The summed E-state index contributed by atoms with van der Waals surface area (Å²) >= 11 is 0. The number of likely N-dealkylation sites (tertiary alicyclic amines) is 1. The molecule has 0 bridgehead atoms. The van der Waals surface area contributed by atoms with Crippen LogP contribution in [0.2, 0.25) is 0 Å². The number of hydrogen-bond acceptors (Lipinski definition) is 4. The zero-order chi connectivity index (χ0) is 11.3. The Labute approximate surface area is 89.0 Å². The molecule has 5 heteroatoms. The Bertz CT molecular complexity index is 234. The van der Waals surface area contributed by atoms with Gasteiger partial charge in [0.25, 0.3) is 0 Å². The fourth-order valence-corrected chi connectivity index (χ4v) is 1.56. The molecule has 0 spiro atoms. The van der Waals surface area contributed by atoms with Crippen LogP contribution in [-0.2, 0) is 14.3 Å². The average Bonchev–Trinajstić information content (AvgIpc) is 2.18. The van der Waals surface area contributed by atoms with Gasteiger partial charge in [0, 0.05) is 13.1 Å². The van der Waals surface area contributed by atoms with Crippen molar-refractivity contribution in [2.24, 2.45) is 0 Å². The Kier molecular flexibility index (Phi) is 4.55. The first-order valence-electron chi connectivity index (χ1n) is 5.25. The Balaban J connectivity index is 2.31. The molecule has 0 aromatic heterocycles. The van der Waals surface area contributed by atoms with Crippen molar-refractivity contribution in [3.63, 3.8) is 0 Å². The largest absolute Gasteiger partial charge is 0.466 e. The van der Waals surface area contributed by atoms with Gasteiger partial charge in [-0.15, -0.1) is 0 Å². The molecule has 1 heterocycles. The number of aliphatic hydroxyl groups is 1. The highest BCUT2D eigenvalue weighted by atomic mass is 16.5. The smallest absolute Gasteiger partial charge is 0.315 e. The minimum Gasteiger partial charge on any atom is -0.466 e. The molecule has 15 heavy (non-hydrogen) atoms. The molecule has 1 saturated heterocycles. The third-order valence-corrected chi connectivity index (χ3v) is 2.42. The number of carbonyl (C=O) groups is 2. The summed E-state index contributed by atoms with van der Waals surface area (Å²) in [7, 11) is 0. The number of esters is 1. The Morgan fingerprint density at radius 3 is 2.53 bits per heavy atom. The highest BCUT2D eigenvalue weighted by Gasteiger charge is 2.23. The standard InChI is InChI=1S/C10H17NO4/c1-2-15-10(14)7-9(13)11-5-3-8(12)4-6-11/h8,12H,2-7H2,1H3. The second kappa shape index (κ2) is 5.70. The van der Waals surface area contributed by atoms with Gasteiger partial charge in [0.05, 0.1) is 12.7 Å². The van der Waals surface area contributed by atoms with Gasteiger partial charge in [0.2, 0.25) is 5.91 Å². The highest BCUT2D eigenvalue weighted by Crippen LogP contribution is 2.11. The lowest BCUT2D eigenvalue weighted by Crippen LogP contribution is -2.40. The number of amides is 1. The summed E-state index contributed by atoms with van der Waals surface area (Å²) in [6.07, 6.45) is 0.684. The van der Waals surface area contributed by atoms with Gasteiger partial charge >= 0.3 is 5.97 Å². The molecule has 0 aliphatic carbocycles. The minimum absolute atomic E-state index is 0.191. The summed E-state index contributed by atoms with van der Waals surface area (Å²) in [6.45, 7) is 3.06. The third kappa shape index (κ3) is 3.87. The average molecular weight is 215 g/mol. The van der Waals surface area contributed by atoms with E-state index in [0.29, 0.717) is 32.5 Å². The van der Waals surface area contributed by atoms with Crippen LogP contribution in [0.15, 0.2) is 0 Å². The Hall–Kier alpha value is -1.10. The monoisotopic (exact) mass is 215 g/mol. The summed E-state index contributed by atoms with van der Waals surface area (Å²) in [6, 6.07) is 0. The van der Waals surface area contributed by atoms with Gasteiger partial charge < -0.3 is 14.7 Å². The van der Waals surface area contributed by atoms with Gasteiger partial charge in [-0.25, -0.2) is 0 Å². The zero-order valence-corrected chi connectivity index (χ0v) is 8.94. The summed E-state index contributed by atoms with van der Waals surface area (Å²) in [5.41, 5.74) is 0. The number of rotatable bonds is 3. The second-order valence-electron chi connectivity index (χ2n) is 3.59. The second-order valence-corrected chi connectivity index (χ2v) is 3.59. The predicted molar refractivity (Wildman–Crippen MR) is 53.1 cm³/mol. The number of hydrogen-bond donors (Lipinski definition) is 1. The van der Waals surface area contributed by atoms with E-state index in [1.807, 2.05) is 0 Å². The molecule has 1 fully saturated rings. The molecular weight excluding hydrogens is 198 g/mol. The molecule has 1 N–H and O–H groups in total. The quantitative estimate of drug-likeness (QED) is 0.528. The molecule has 0 saturated carbocycles. The molecule has 0 atom stereocenters. The van der Waals surface area contributed by atoms with Crippen molar-refractivity contribution in [3.8, 4) is 0 Å². The van der Waals surface area contributed by atoms with E-state index in [9.17, 15) is 14.7 Å². The van der Waals surface area contributed by atoms with E-state index < -0.39 is 5.97 Å². The molecular formula is C10H17NO4. The van der Waals surface area contributed by atoms with E-state index in [1.165, 1.54) is 0 Å². The first kappa shape index (κ1) is 12.0. The topological polar surface area (TPSA) is 66.8 Å². The molecule has 1 amide bonds. The summed E-state index contributed by atoms with van der Waals surface area (Å²) in [5, 5.41) is 9.25. The Morgan fingerprint density at radius 2 is 2.00 bits per heavy atom. The van der Waals surface area contributed by atoms with Crippen LogP contribution in [-0.4, -0.2) is 47.7 Å². The van der Waals surface area contributed by atoms with Crippen molar-refractivity contribution in [2.45, 2.75) is 32.3 Å². The molecule has 0 radical (unpaired) electrons. The van der Waals surface area contributed by atoms with E-state index >= 15 is 0 Å². The predicted octanol–water partition coefficient (Wildman–Crippen LogP) is -0.0771. The summed E-state index contributed by atoms with van der Waals surface area (Å²) in [4.78, 5) is 24.2. The molecule has 86 valence electrons. The molecule has 1 rings (SSSR count). The van der Waals surface area contributed by atoms with Crippen LogP contribution in [0.4, 0.5) is 0 Å². The Morgan fingerprint density at radius 1 is 1.40 bits per heavy atom. The van der Waals surface area contributed by atoms with Gasteiger partial charge in [0.1, 0.15) is 6.42 Å². The van der Waals surface area contributed by atoms with E-state index in [2.05, 4.69) is 4.74 Å². The number of nitrogens with zero attached hydrogens (tertiary/aromatic N) is 1. The third-order valence-electron chi connectivity index (χ3n) is 2.42. The van der Waals surface area contributed by atoms with Crippen LogP contribution in [0.1, 0.15) is 26.2 Å². The molecule has 0 unspecified atom stereocenters. The van der Waals surface area contributed by atoms with Crippen LogP contribution in [0, 0.1) is 0 Å². The van der Waals surface area contributed by atoms with Crippen molar-refractivity contribution in [3.05, 3.63) is 0 Å². The normalized spacial score (nSPS) is 17.6. The van der Waals surface area contributed by atoms with Crippen LogP contribution in [0.3, 0.4) is 0 Å². The SMILES string of the molecule is CCOC(=O)CC(=O)N1CCC(O)CC1. The van der Waals surface area contributed by atoms with Crippen molar-refractivity contribution in [1.29, 1.82) is 0 Å². The van der Waals surface area contributed by atoms with Crippen molar-refractivity contribution < 1.29 is 19.4 Å². The maximum Gasteiger partial charge on any atom is 0.315 e. The number of carbonyl (C=O) groups excluding carboxylic acids is 2. The fourth-order valence-electron chi connectivity index (χ4n) is 1.56. The van der Waals surface area contributed by atoms with Crippen LogP contribution >= 0.6 is 0 Å².